The summed E-state index contributed by atoms with van der Waals surface area (Å²) in [6.07, 6.45) is 4.26. The summed E-state index contributed by atoms with van der Waals surface area (Å²) in [5.74, 6) is -0.492. The number of amides is 2. The van der Waals surface area contributed by atoms with Crippen LogP contribution in [0.4, 0.5) is 27.4 Å². The Balaban J connectivity index is 1.37. The average molecular weight is 498 g/mol. The highest BCUT2D eigenvalue weighted by molar-refractivity contribution is 6.00. The molecule has 0 spiro atoms. The van der Waals surface area contributed by atoms with Gasteiger partial charge in [-0.3, -0.25) is 14.6 Å². The van der Waals surface area contributed by atoms with E-state index in [0.717, 1.165) is 17.5 Å². The maximum Gasteiger partial charge on any atom is 0.247 e. The second kappa shape index (κ2) is 10.0. The van der Waals surface area contributed by atoms with Crippen LogP contribution in [0, 0.1) is 5.82 Å². The van der Waals surface area contributed by atoms with E-state index < -0.39 is 5.82 Å². The number of pyridine rings is 1. The van der Waals surface area contributed by atoms with Crippen molar-refractivity contribution in [2.45, 2.75) is 13.0 Å². The van der Waals surface area contributed by atoms with Gasteiger partial charge in [-0.05, 0) is 54.6 Å². The lowest BCUT2D eigenvalue weighted by Gasteiger charge is -2.39. The molecule has 2 aromatic carbocycles. The summed E-state index contributed by atoms with van der Waals surface area (Å²) in [6, 6.07) is 14.0. The van der Waals surface area contributed by atoms with Crippen molar-refractivity contribution < 1.29 is 14.0 Å². The van der Waals surface area contributed by atoms with E-state index in [1.54, 1.807) is 36.2 Å². The summed E-state index contributed by atoms with van der Waals surface area (Å²) in [7, 11) is 0. The van der Waals surface area contributed by atoms with E-state index in [1.165, 1.54) is 12.3 Å². The molecule has 186 valence electrons. The lowest BCUT2D eigenvalue weighted by Crippen LogP contribution is -2.56. The third kappa shape index (κ3) is 5.22. The molecule has 1 aliphatic heterocycles. The molecule has 0 unspecified atom stereocenters. The summed E-state index contributed by atoms with van der Waals surface area (Å²) < 4.78 is 15.0. The summed E-state index contributed by atoms with van der Waals surface area (Å²) in [5.41, 5.74) is 3.08. The Morgan fingerprint density at radius 2 is 1.81 bits per heavy atom. The Bertz CT molecular complexity index is 1500. The molecule has 2 amide bonds. The number of carbonyl (C=O) groups excluding carboxylic acids is 2. The van der Waals surface area contributed by atoms with Gasteiger partial charge in [0.15, 0.2) is 0 Å². The summed E-state index contributed by atoms with van der Waals surface area (Å²) in [5, 5.41) is 9.85. The van der Waals surface area contributed by atoms with Gasteiger partial charge in [0, 0.05) is 54.9 Å². The number of aromatic nitrogens is 3. The molecule has 0 aliphatic carbocycles. The van der Waals surface area contributed by atoms with Crippen molar-refractivity contribution in [3.05, 3.63) is 79.4 Å². The first-order valence-electron chi connectivity index (χ1n) is 11.6. The lowest BCUT2D eigenvalue weighted by molar-refractivity contribution is -0.132. The van der Waals surface area contributed by atoms with E-state index in [2.05, 4.69) is 37.5 Å². The minimum absolute atomic E-state index is 0.0824. The minimum atomic E-state index is -0.494. The second-order valence-electron chi connectivity index (χ2n) is 8.64. The highest BCUT2D eigenvalue weighted by Crippen LogP contribution is 2.31. The number of hydrogen-bond donors (Lipinski definition) is 3. The van der Waals surface area contributed by atoms with Crippen LogP contribution in [0.15, 0.2) is 73.6 Å². The van der Waals surface area contributed by atoms with Crippen molar-refractivity contribution in [2.24, 2.45) is 0 Å². The van der Waals surface area contributed by atoms with Crippen LogP contribution < -0.4 is 16.0 Å². The van der Waals surface area contributed by atoms with E-state index in [1.807, 2.05) is 24.3 Å². The van der Waals surface area contributed by atoms with Gasteiger partial charge in [0.25, 0.3) is 0 Å². The minimum Gasteiger partial charge on any atom is -0.379 e. The monoisotopic (exact) mass is 497 g/mol. The van der Waals surface area contributed by atoms with Gasteiger partial charge >= 0.3 is 0 Å². The maximum atomic E-state index is 15.0. The lowest BCUT2D eigenvalue weighted by atomic mass is 10.1. The molecule has 3 heterocycles. The van der Waals surface area contributed by atoms with Gasteiger partial charge in [0.05, 0.1) is 22.8 Å². The zero-order valence-corrected chi connectivity index (χ0v) is 20.0. The summed E-state index contributed by atoms with van der Waals surface area (Å²) in [4.78, 5) is 38.1. The number of rotatable bonds is 7. The molecular weight excluding hydrogens is 473 g/mol. The molecule has 5 rings (SSSR count). The topological polar surface area (TPSA) is 112 Å². The van der Waals surface area contributed by atoms with E-state index >= 15 is 4.39 Å². The quantitative estimate of drug-likeness (QED) is 0.326. The number of fused-ring (bicyclic) bond motifs is 1. The second-order valence-corrected chi connectivity index (χ2v) is 8.64. The van der Waals surface area contributed by atoms with E-state index in [0.29, 0.717) is 41.3 Å². The standard InChI is InChI=1S/C27H24FN7O2/c1-3-24(37)32-20-10-11-29-23(12-20)25-22(28)9-4-17-13-30-27(34-26(17)25)33-19-7-5-18(6-8-19)31-21-14-35(15-21)16(2)36/h3-13,21,31H,1,14-15H2,2H3,(H,29,32,37)(H,30,33,34). The third-order valence-corrected chi connectivity index (χ3v) is 6.01. The Morgan fingerprint density at radius 1 is 1.05 bits per heavy atom. The summed E-state index contributed by atoms with van der Waals surface area (Å²) >= 11 is 0. The van der Waals surface area contributed by atoms with Crippen LogP contribution in [-0.2, 0) is 9.59 Å². The van der Waals surface area contributed by atoms with Gasteiger partial charge in [-0.1, -0.05) is 6.58 Å². The van der Waals surface area contributed by atoms with Crippen molar-refractivity contribution in [3.63, 3.8) is 0 Å². The molecule has 0 radical (unpaired) electrons. The molecule has 10 heteroatoms. The predicted molar refractivity (Wildman–Crippen MR) is 141 cm³/mol. The molecule has 0 saturated carbocycles. The van der Waals surface area contributed by atoms with Gasteiger partial charge in [0.1, 0.15) is 5.82 Å². The first kappa shape index (κ1) is 23.9. The molecule has 9 nitrogen and oxygen atoms in total. The average Bonchev–Trinajstić information content (AvgIpc) is 2.86. The van der Waals surface area contributed by atoms with Crippen LogP contribution >= 0.6 is 0 Å². The zero-order chi connectivity index (χ0) is 25.9. The van der Waals surface area contributed by atoms with Gasteiger partial charge < -0.3 is 20.9 Å². The van der Waals surface area contributed by atoms with Crippen LogP contribution in [0.5, 0.6) is 0 Å². The fraction of sp³-hybridized carbons (Fsp3) is 0.148. The molecule has 1 saturated heterocycles. The van der Waals surface area contributed by atoms with Gasteiger partial charge in [-0.15, -0.1) is 0 Å². The Hall–Kier alpha value is -4.86. The highest BCUT2D eigenvalue weighted by atomic mass is 19.1. The molecule has 1 aliphatic rings. The number of nitrogens with one attached hydrogen (secondary N) is 3. The SMILES string of the molecule is C=CC(=O)Nc1ccnc(-c2c(F)ccc3cnc(Nc4ccc(NC5CN(C(C)=O)C5)cc4)nc23)c1. The number of benzene rings is 2. The Labute approximate surface area is 212 Å². The molecule has 4 aromatic rings. The number of carbonyl (C=O) groups is 2. The number of nitrogens with zero attached hydrogens (tertiary/aromatic N) is 4. The molecule has 3 N–H and O–H groups in total. The molecular formula is C27H24FN7O2. The van der Waals surface area contributed by atoms with Crippen LogP contribution in [0.25, 0.3) is 22.2 Å². The molecule has 37 heavy (non-hydrogen) atoms. The summed E-state index contributed by atoms with van der Waals surface area (Å²) in [6.45, 7) is 6.39. The van der Waals surface area contributed by atoms with Crippen molar-refractivity contribution in [3.8, 4) is 11.3 Å². The Morgan fingerprint density at radius 3 is 2.54 bits per heavy atom. The first-order chi connectivity index (χ1) is 17.9. The zero-order valence-electron chi connectivity index (χ0n) is 20.0. The molecule has 0 atom stereocenters. The van der Waals surface area contributed by atoms with Crippen molar-refractivity contribution in [1.29, 1.82) is 0 Å². The number of likely N-dealkylation sites (tertiary alicyclic amines) is 1. The fourth-order valence-corrected chi connectivity index (χ4v) is 4.06. The third-order valence-electron chi connectivity index (χ3n) is 6.01. The van der Waals surface area contributed by atoms with Crippen molar-refractivity contribution in [2.75, 3.05) is 29.0 Å². The van der Waals surface area contributed by atoms with Crippen LogP contribution in [0.3, 0.4) is 0 Å². The van der Waals surface area contributed by atoms with Crippen LogP contribution in [0.2, 0.25) is 0 Å². The number of hydrogen-bond acceptors (Lipinski definition) is 7. The van der Waals surface area contributed by atoms with Gasteiger partial charge in [-0.2, -0.15) is 0 Å². The highest BCUT2D eigenvalue weighted by Gasteiger charge is 2.28. The van der Waals surface area contributed by atoms with Crippen molar-refractivity contribution in [1.82, 2.24) is 19.9 Å². The number of anilines is 4. The van der Waals surface area contributed by atoms with Gasteiger partial charge in [-0.25, -0.2) is 14.4 Å². The van der Waals surface area contributed by atoms with E-state index in [-0.39, 0.29) is 23.4 Å². The molecule has 1 fully saturated rings. The molecule has 0 bridgehead atoms. The van der Waals surface area contributed by atoms with E-state index in [9.17, 15) is 9.59 Å². The van der Waals surface area contributed by atoms with Crippen molar-refractivity contribution >= 4 is 45.7 Å². The smallest absolute Gasteiger partial charge is 0.247 e. The van der Waals surface area contributed by atoms with Crippen LogP contribution in [0.1, 0.15) is 6.92 Å². The van der Waals surface area contributed by atoms with E-state index in [4.69, 9.17) is 0 Å². The maximum absolute atomic E-state index is 15.0. The Kier molecular flexibility index (Phi) is 6.46. The van der Waals surface area contributed by atoms with Crippen LogP contribution in [-0.4, -0.2) is 50.8 Å². The van der Waals surface area contributed by atoms with Gasteiger partial charge in [0.2, 0.25) is 17.8 Å². The fourth-order valence-electron chi connectivity index (χ4n) is 4.06. The molecule has 2 aromatic heterocycles. The predicted octanol–water partition coefficient (Wildman–Crippen LogP) is 4.34. The number of halogens is 1. The largest absolute Gasteiger partial charge is 0.379 e. The normalized spacial score (nSPS) is 13.1. The first-order valence-corrected chi connectivity index (χ1v) is 11.6.